The van der Waals surface area contributed by atoms with Crippen LogP contribution in [0.15, 0.2) is 47.4 Å². The van der Waals surface area contributed by atoms with E-state index >= 15 is 0 Å². The largest absolute Gasteiger partial charge is 0.493 e. The van der Waals surface area contributed by atoms with Crippen LogP contribution < -0.4 is 14.4 Å². The molecule has 0 radical (unpaired) electrons. The molecule has 7 heteroatoms. The Labute approximate surface area is 175 Å². The second-order valence-electron chi connectivity index (χ2n) is 6.57. The van der Waals surface area contributed by atoms with Crippen molar-refractivity contribution in [3.05, 3.63) is 47.5 Å². The minimum absolute atomic E-state index is 0.158. The van der Waals surface area contributed by atoms with Gasteiger partial charge in [0.25, 0.3) is 0 Å². The molecule has 1 unspecified atom stereocenters. The number of methoxy groups -OCH3 is 2. The molecule has 150 valence electrons. The molecular formula is C21H25ClN2O3S. The summed E-state index contributed by atoms with van der Waals surface area (Å²) >= 11 is 7.63. The number of rotatable bonds is 6. The number of halogens is 1. The third-order valence-corrected chi connectivity index (χ3v) is 6.10. The van der Waals surface area contributed by atoms with Crippen molar-refractivity contribution in [1.82, 2.24) is 4.90 Å². The van der Waals surface area contributed by atoms with Gasteiger partial charge in [-0.15, -0.1) is 11.8 Å². The monoisotopic (exact) mass is 420 g/mol. The fourth-order valence-electron chi connectivity index (χ4n) is 3.26. The fourth-order valence-corrected chi connectivity index (χ4v) is 4.42. The number of nitrogens with zero attached hydrogens (tertiary/aromatic N) is 2. The van der Waals surface area contributed by atoms with Gasteiger partial charge in [-0.25, -0.2) is 0 Å². The number of hydrogen-bond acceptors (Lipinski definition) is 5. The van der Waals surface area contributed by atoms with E-state index in [0.29, 0.717) is 24.6 Å². The first-order chi connectivity index (χ1) is 13.5. The van der Waals surface area contributed by atoms with Crippen molar-refractivity contribution in [1.29, 1.82) is 0 Å². The van der Waals surface area contributed by atoms with Crippen molar-refractivity contribution < 1.29 is 14.3 Å². The fraction of sp³-hybridized carbons (Fsp3) is 0.381. The molecule has 0 N–H and O–H groups in total. The zero-order chi connectivity index (χ0) is 20.1. The SMILES string of the molecule is COc1ccc(SC(C)C(=O)N2CCN(c3cccc(Cl)c3)CC2)cc1OC. The summed E-state index contributed by atoms with van der Waals surface area (Å²) in [5.41, 5.74) is 1.10. The molecule has 1 atom stereocenters. The van der Waals surface area contributed by atoms with Crippen LogP contribution in [0.2, 0.25) is 5.02 Å². The number of carbonyl (C=O) groups is 1. The third kappa shape index (κ3) is 4.86. The number of ether oxygens (including phenoxy) is 2. The average molecular weight is 421 g/mol. The highest BCUT2D eigenvalue weighted by Gasteiger charge is 2.26. The van der Waals surface area contributed by atoms with Gasteiger partial charge in [-0.1, -0.05) is 17.7 Å². The lowest BCUT2D eigenvalue weighted by Gasteiger charge is -2.37. The Morgan fingerprint density at radius 2 is 1.75 bits per heavy atom. The summed E-state index contributed by atoms with van der Waals surface area (Å²) in [6, 6.07) is 13.6. The molecule has 1 fully saturated rings. The molecule has 0 aromatic heterocycles. The molecule has 2 aromatic rings. The molecule has 0 bridgehead atoms. The van der Waals surface area contributed by atoms with Crippen molar-refractivity contribution in [3.8, 4) is 11.5 Å². The smallest absolute Gasteiger partial charge is 0.235 e. The summed E-state index contributed by atoms with van der Waals surface area (Å²) in [7, 11) is 3.22. The lowest BCUT2D eigenvalue weighted by atomic mass is 10.2. The van der Waals surface area contributed by atoms with Crippen LogP contribution in [0.4, 0.5) is 5.69 Å². The molecule has 2 aromatic carbocycles. The van der Waals surface area contributed by atoms with Gasteiger partial charge in [0.1, 0.15) is 0 Å². The topological polar surface area (TPSA) is 42.0 Å². The van der Waals surface area contributed by atoms with E-state index < -0.39 is 0 Å². The maximum Gasteiger partial charge on any atom is 0.235 e. The summed E-state index contributed by atoms with van der Waals surface area (Å²) in [4.78, 5) is 18.1. The van der Waals surface area contributed by atoms with Crippen LogP contribution in [-0.2, 0) is 4.79 Å². The first-order valence-corrected chi connectivity index (χ1v) is 10.5. The van der Waals surface area contributed by atoms with Crippen molar-refractivity contribution >= 4 is 35.0 Å². The molecule has 1 heterocycles. The molecule has 0 saturated carbocycles. The van der Waals surface area contributed by atoms with Gasteiger partial charge in [0.2, 0.25) is 5.91 Å². The lowest BCUT2D eigenvalue weighted by Crippen LogP contribution is -2.50. The van der Waals surface area contributed by atoms with Gasteiger partial charge in [0, 0.05) is 41.8 Å². The van der Waals surface area contributed by atoms with E-state index in [1.54, 1.807) is 14.2 Å². The molecule has 1 aliphatic rings. The van der Waals surface area contributed by atoms with E-state index in [1.807, 2.05) is 48.2 Å². The predicted octanol–water partition coefficient (Wildman–Crippen LogP) is 4.19. The molecule has 1 aliphatic heterocycles. The van der Waals surface area contributed by atoms with Gasteiger partial charge >= 0.3 is 0 Å². The minimum Gasteiger partial charge on any atom is -0.493 e. The maximum absolute atomic E-state index is 12.9. The van der Waals surface area contributed by atoms with Gasteiger partial charge in [-0.3, -0.25) is 4.79 Å². The molecule has 0 spiro atoms. The van der Waals surface area contributed by atoms with Gasteiger partial charge < -0.3 is 19.3 Å². The highest BCUT2D eigenvalue weighted by atomic mass is 35.5. The Balaban J connectivity index is 1.57. The second-order valence-corrected chi connectivity index (χ2v) is 8.42. The number of benzene rings is 2. The second kappa shape index (κ2) is 9.43. The molecular weight excluding hydrogens is 396 g/mol. The Kier molecular flexibility index (Phi) is 6.97. The maximum atomic E-state index is 12.9. The Morgan fingerprint density at radius 3 is 2.39 bits per heavy atom. The van der Waals surface area contributed by atoms with Crippen molar-refractivity contribution in [2.24, 2.45) is 0 Å². The summed E-state index contributed by atoms with van der Waals surface area (Å²) in [6.07, 6.45) is 0. The molecule has 5 nitrogen and oxygen atoms in total. The van der Waals surface area contributed by atoms with Gasteiger partial charge in [-0.2, -0.15) is 0 Å². The summed E-state index contributed by atoms with van der Waals surface area (Å²) in [6.45, 7) is 4.98. The van der Waals surface area contributed by atoms with Crippen LogP contribution in [-0.4, -0.2) is 56.5 Å². The van der Waals surface area contributed by atoms with Crippen LogP contribution in [0.3, 0.4) is 0 Å². The third-order valence-electron chi connectivity index (χ3n) is 4.78. The summed E-state index contributed by atoms with van der Waals surface area (Å²) in [5, 5.41) is 0.562. The van der Waals surface area contributed by atoms with Crippen molar-refractivity contribution in [3.63, 3.8) is 0 Å². The highest BCUT2D eigenvalue weighted by molar-refractivity contribution is 8.00. The van der Waals surface area contributed by atoms with E-state index in [1.165, 1.54) is 11.8 Å². The minimum atomic E-state index is -0.171. The van der Waals surface area contributed by atoms with E-state index in [9.17, 15) is 4.79 Å². The Hall–Kier alpha value is -2.05. The van der Waals surface area contributed by atoms with Crippen molar-refractivity contribution in [2.45, 2.75) is 17.1 Å². The molecule has 0 aliphatic carbocycles. The summed E-state index contributed by atoms with van der Waals surface area (Å²) < 4.78 is 10.6. The van der Waals surface area contributed by atoms with Crippen LogP contribution >= 0.6 is 23.4 Å². The normalized spacial score (nSPS) is 15.3. The van der Waals surface area contributed by atoms with Crippen LogP contribution in [0.25, 0.3) is 0 Å². The van der Waals surface area contributed by atoms with Crippen molar-refractivity contribution in [2.75, 3.05) is 45.3 Å². The molecule has 1 amide bonds. The first kappa shape index (κ1) is 20.7. The first-order valence-electron chi connectivity index (χ1n) is 9.20. The average Bonchev–Trinajstić information content (AvgIpc) is 2.73. The molecule has 28 heavy (non-hydrogen) atoms. The highest BCUT2D eigenvalue weighted by Crippen LogP contribution is 2.34. The number of carbonyl (C=O) groups excluding carboxylic acids is 1. The van der Waals surface area contributed by atoms with E-state index in [4.69, 9.17) is 21.1 Å². The van der Waals surface area contributed by atoms with Gasteiger partial charge in [0.05, 0.1) is 19.5 Å². The predicted molar refractivity (Wildman–Crippen MR) is 115 cm³/mol. The number of anilines is 1. The number of hydrogen-bond donors (Lipinski definition) is 0. The number of thioether (sulfide) groups is 1. The number of amides is 1. The zero-order valence-electron chi connectivity index (χ0n) is 16.4. The van der Waals surface area contributed by atoms with E-state index in [2.05, 4.69) is 11.0 Å². The zero-order valence-corrected chi connectivity index (χ0v) is 17.9. The number of piperazine rings is 1. The van der Waals surface area contributed by atoms with Gasteiger partial charge in [-0.05, 0) is 43.3 Å². The Bertz CT molecular complexity index is 825. The van der Waals surface area contributed by atoms with Crippen LogP contribution in [0.1, 0.15) is 6.92 Å². The molecule has 3 rings (SSSR count). The lowest BCUT2D eigenvalue weighted by molar-refractivity contribution is -0.130. The Morgan fingerprint density at radius 1 is 1.04 bits per heavy atom. The summed E-state index contributed by atoms with van der Waals surface area (Å²) in [5.74, 6) is 1.51. The van der Waals surface area contributed by atoms with Crippen LogP contribution in [0.5, 0.6) is 11.5 Å². The van der Waals surface area contributed by atoms with E-state index in [0.717, 1.165) is 28.7 Å². The standard InChI is InChI=1S/C21H25ClN2O3S/c1-15(28-18-7-8-19(26-2)20(14-18)27-3)21(25)24-11-9-23(10-12-24)17-6-4-5-16(22)13-17/h4-8,13-15H,9-12H2,1-3H3. The quantitative estimate of drug-likeness (QED) is 0.655. The van der Waals surface area contributed by atoms with E-state index in [-0.39, 0.29) is 11.2 Å². The van der Waals surface area contributed by atoms with Gasteiger partial charge in [0.15, 0.2) is 11.5 Å². The van der Waals surface area contributed by atoms with Crippen LogP contribution in [0, 0.1) is 0 Å². The molecule has 1 saturated heterocycles.